The molecule has 1 rings (SSSR count). The number of piperidine rings is 1. The van der Waals surface area contributed by atoms with Crippen LogP contribution in [0.1, 0.15) is 12.8 Å². The first kappa shape index (κ1) is 14.7. The second-order valence-electron chi connectivity index (χ2n) is 4.24. The number of likely N-dealkylation sites (tertiary alicyclic amines) is 1. The Bertz CT molecular complexity index is 320. The second kappa shape index (κ2) is 6.03. The molecule has 0 spiro atoms. The van der Waals surface area contributed by atoms with Crippen LogP contribution in [0.2, 0.25) is 0 Å². The van der Waals surface area contributed by atoms with E-state index in [-0.39, 0.29) is 19.5 Å². The highest BCUT2D eigenvalue weighted by atomic mass is 19.4. The highest BCUT2D eigenvalue weighted by molar-refractivity contribution is 5.95. The smallest absolute Gasteiger partial charge is 0.341 e. The lowest BCUT2D eigenvalue weighted by atomic mass is 9.97. The number of carbonyl (C=O) groups excluding carboxylic acids is 2. The van der Waals surface area contributed by atoms with Gasteiger partial charge < -0.3 is 5.32 Å². The van der Waals surface area contributed by atoms with Gasteiger partial charge in [0.2, 0.25) is 5.91 Å². The molecule has 1 fully saturated rings. The monoisotopic (exact) mass is 267 g/mol. The summed E-state index contributed by atoms with van der Waals surface area (Å²) >= 11 is 0. The third-order valence-electron chi connectivity index (χ3n) is 2.82. The van der Waals surface area contributed by atoms with E-state index in [0.717, 1.165) is 0 Å². The molecule has 1 atom stereocenters. The largest absolute Gasteiger partial charge is 0.393 e. The molecule has 0 aromatic carbocycles. The molecule has 2 N–H and O–H groups in total. The van der Waals surface area contributed by atoms with E-state index >= 15 is 0 Å². The molecule has 18 heavy (non-hydrogen) atoms. The van der Waals surface area contributed by atoms with Gasteiger partial charge in [-0.3, -0.25) is 15.0 Å². The minimum Gasteiger partial charge on any atom is -0.341 e. The Morgan fingerprint density at radius 1 is 1.39 bits per heavy atom. The molecule has 1 saturated heterocycles. The summed E-state index contributed by atoms with van der Waals surface area (Å²) < 4.78 is 37.6. The van der Waals surface area contributed by atoms with E-state index in [1.165, 1.54) is 11.9 Å². The second-order valence-corrected chi connectivity index (χ2v) is 4.24. The lowest BCUT2D eigenvalue weighted by Gasteiger charge is -2.33. The van der Waals surface area contributed by atoms with Gasteiger partial charge in [-0.2, -0.15) is 13.2 Å². The first-order valence-electron chi connectivity index (χ1n) is 5.63. The maximum Gasteiger partial charge on any atom is 0.393 e. The van der Waals surface area contributed by atoms with Crippen LogP contribution >= 0.6 is 0 Å². The Hall–Kier alpha value is -1.31. The van der Waals surface area contributed by atoms with Gasteiger partial charge in [-0.15, -0.1) is 0 Å². The average Bonchev–Trinajstić information content (AvgIpc) is 2.27. The Morgan fingerprint density at radius 2 is 2.06 bits per heavy atom. The van der Waals surface area contributed by atoms with Crippen molar-refractivity contribution in [3.05, 3.63) is 0 Å². The summed E-state index contributed by atoms with van der Waals surface area (Å²) in [4.78, 5) is 23.6. The van der Waals surface area contributed by atoms with Crippen LogP contribution in [0, 0.1) is 5.92 Å². The van der Waals surface area contributed by atoms with E-state index in [1.54, 1.807) is 0 Å². The number of imide groups is 1. The topological polar surface area (TPSA) is 61.4 Å². The molecule has 5 nitrogen and oxygen atoms in total. The van der Waals surface area contributed by atoms with Crippen molar-refractivity contribution < 1.29 is 22.8 Å². The minimum absolute atomic E-state index is 0.0943. The first-order valence-corrected chi connectivity index (χ1v) is 5.63. The number of nitrogens with zero attached hydrogens (tertiary/aromatic N) is 1. The van der Waals surface area contributed by atoms with Crippen LogP contribution in [0.3, 0.4) is 0 Å². The predicted molar refractivity (Wildman–Crippen MR) is 57.8 cm³/mol. The van der Waals surface area contributed by atoms with Gasteiger partial charge in [0.1, 0.15) is 0 Å². The summed E-state index contributed by atoms with van der Waals surface area (Å²) in [7, 11) is 1.35. The van der Waals surface area contributed by atoms with Crippen molar-refractivity contribution in [3.8, 4) is 0 Å². The normalized spacial score (nSPS) is 21.4. The minimum atomic E-state index is -4.23. The summed E-state index contributed by atoms with van der Waals surface area (Å²) in [5, 5.41) is 4.22. The third-order valence-corrected chi connectivity index (χ3v) is 2.82. The highest BCUT2D eigenvalue weighted by Crippen LogP contribution is 2.32. The van der Waals surface area contributed by atoms with Gasteiger partial charge in [-0.05, 0) is 19.4 Å². The molecule has 1 aliphatic rings. The molecule has 1 aliphatic heterocycles. The van der Waals surface area contributed by atoms with E-state index in [1.807, 2.05) is 5.32 Å². The Balaban J connectivity index is 2.43. The number of nitrogens with one attached hydrogen (secondary N) is 2. The lowest BCUT2D eigenvalue weighted by molar-refractivity contribution is -0.187. The number of hydrogen-bond donors (Lipinski definition) is 2. The van der Waals surface area contributed by atoms with Crippen LogP contribution in [0.4, 0.5) is 18.0 Å². The number of urea groups is 1. The Kier molecular flexibility index (Phi) is 4.94. The molecule has 0 bridgehead atoms. The molecule has 1 unspecified atom stereocenters. The molecule has 0 aromatic rings. The van der Waals surface area contributed by atoms with Crippen molar-refractivity contribution in [3.63, 3.8) is 0 Å². The number of halogens is 3. The maximum atomic E-state index is 12.5. The highest BCUT2D eigenvalue weighted by Gasteiger charge is 2.41. The van der Waals surface area contributed by atoms with Crippen molar-refractivity contribution >= 4 is 11.9 Å². The predicted octanol–water partition coefficient (Wildman–Crippen LogP) is 0.716. The van der Waals surface area contributed by atoms with Gasteiger partial charge in [-0.1, -0.05) is 0 Å². The molecule has 0 saturated carbocycles. The van der Waals surface area contributed by atoms with Gasteiger partial charge in [-0.25, -0.2) is 4.79 Å². The summed E-state index contributed by atoms with van der Waals surface area (Å²) in [6.45, 7) is 0.0540. The SMILES string of the molecule is CNC(=O)NC(=O)CN1CCCC(C(F)(F)F)C1. The van der Waals surface area contributed by atoms with Crippen molar-refractivity contribution in [1.82, 2.24) is 15.5 Å². The van der Waals surface area contributed by atoms with Crippen LogP contribution < -0.4 is 10.6 Å². The van der Waals surface area contributed by atoms with Crippen molar-refractivity contribution in [1.29, 1.82) is 0 Å². The van der Waals surface area contributed by atoms with E-state index in [2.05, 4.69) is 5.32 Å². The number of rotatable bonds is 2. The van der Waals surface area contributed by atoms with E-state index in [9.17, 15) is 22.8 Å². The van der Waals surface area contributed by atoms with Gasteiger partial charge in [0, 0.05) is 13.6 Å². The van der Waals surface area contributed by atoms with Crippen LogP contribution in [-0.2, 0) is 4.79 Å². The maximum absolute atomic E-state index is 12.5. The zero-order valence-electron chi connectivity index (χ0n) is 10.0. The van der Waals surface area contributed by atoms with E-state index in [4.69, 9.17) is 0 Å². The fraction of sp³-hybridized carbons (Fsp3) is 0.800. The van der Waals surface area contributed by atoms with E-state index < -0.39 is 24.0 Å². The fourth-order valence-electron chi connectivity index (χ4n) is 1.90. The molecule has 104 valence electrons. The van der Waals surface area contributed by atoms with Crippen molar-refractivity contribution in [2.75, 3.05) is 26.7 Å². The zero-order chi connectivity index (χ0) is 13.8. The first-order chi connectivity index (χ1) is 8.32. The van der Waals surface area contributed by atoms with Crippen molar-refractivity contribution in [2.24, 2.45) is 5.92 Å². The molecule has 8 heteroatoms. The molecule has 0 aromatic heterocycles. The molecule has 0 aliphatic carbocycles. The standard InChI is InChI=1S/C10H16F3N3O2/c1-14-9(18)15-8(17)6-16-4-2-3-7(5-16)10(11,12)13/h7H,2-6H2,1H3,(H2,14,15,17,18). The number of alkyl halides is 3. The summed E-state index contributed by atoms with van der Waals surface area (Å²) in [6, 6.07) is -0.663. The zero-order valence-corrected chi connectivity index (χ0v) is 10.0. The summed E-state index contributed by atoms with van der Waals surface area (Å²) in [5.74, 6) is -1.99. The van der Waals surface area contributed by atoms with Gasteiger partial charge in [0.15, 0.2) is 0 Å². The average molecular weight is 267 g/mol. The van der Waals surface area contributed by atoms with Gasteiger partial charge in [0.25, 0.3) is 0 Å². The van der Waals surface area contributed by atoms with Crippen LogP contribution in [0.5, 0.6) is 0 Å². The quantitative estimate of drug-likeness (QED) is 0.775. The molecule has 1 heterocycles. The molecular weight excluding hydrogens is 251 g/mol. The summed E-state index contributed by atoms with van der Waals surface area (Å²) in [5.41, 5.74) is 0. The number of carbonyl (C=O) groups is 2. The molecule has 0 radical (unpaired) electrons. The van der Waals surface area contributed by atoms with Gasteiger partial charge in [0.05, 0.1) is 12.5 Å². The van der Waals surface area contributed by atoms with Crippen LogP contribution in [0.25, 0.3) is 0 Å². The van der Waals surface area contributed by atoms with Gasteiger partial charge >= 0.3 is 12.2 Å². The third kappa shape index (κ3) is 4.52. The Morgan fingerprint density at radius 3 is 2.61 bits per heavy atom. The van der Waals surface area contributed by atoms with Crippen LogP contribution in [0.15, 0.2) is 0 Å². The molecular formula is C10H16F3N3O2. The molecule has 3 amide bonds. The Labute approximate surface area is 103 Å². The summed E-state index contributed by atoms with van der Waals surface area (Å²) in [6.07, 6.45) is -3.73. The fourth-order valence-corrected chi connectivity index (χ4v) is 1.90. The van der Waals surface area contributed by atoms with Crippen molar-refractivity contribution in [2.45, 2.75) is 19.0 Å². The lowest BCUT2D eigenvalue weighted by Crippen LogP contribution is -2.48. The van der Waals surface area contributed by atoms with Crippen LogP contribution in [-0.4, -0.2) is 49.7 Å². The number of hydrogen-bond acceptors (Lipinski definition) is 3. The van der Waals surface area contributed by atoms with E-state index in [0.29, 0.717) is 13.0 Å². The number of amides is 3.